The fraction of sp³-hybridized carbons (Fsp3) is 0.933. The molecule has 0 aromatic rings. The Kier molecular flexibility index (Phi) is 6.29. The number of carbonyl (C=O) groups excluding carboxylic acids is 1. The molecule has 6 heteroatoms. The molecule has 3 N–H and O–H groups in total. The van der Waals surface area contributed by atoms with Crippen LogP contribution < -0.4 is 11.1 Å². The molecule has 4 unspecified atom stereocenters. The second-order valence-corrected chi connectivity index (χ2v) is 6.65. The number of rotatable bonds is 4. The van der Waals surface area contributed by atoms with Crippen molar-refractivity contribution >= 4 is 18.3 Å². The average Bonchev–Trinajstić information content (AvgIpc) is 3.05. The molecule has 2 aliphatic heterocycles. The molecule has 0 radical (unpaired) electrons. The predicted octanol–water partition coefficient (Wildman–Crippen LogP) is 0.763. The van der Waals surface area contributed by atoms with E-state index in [0.717, 1.165) is 39.0 Å². The van der Waals surface area contributed by atoms with Crippen molar-refractivity contribution in [3.63, 3.8) is 0 Å². The summed E-state index contributed by atoms with van der Waals surface area (Å²) in [6, 6.07) is 0.341. The highest BCUT2D eigenvalue weighted by atomic mass is 35.5. The molecule has 0 spiro atoms. The van der Waals surface area contributed by atoms with Crippen LogP contribution >= 0.6 is 12.4 Å². The lowest BCUT2D eigenvalue weighted by Gasteiger charge is -2.29. The Bertz CT molecular complexity index is 350. The van der Waals surface area contributed by atoms with Crippen molar-refractivity contribution in [3.05, 3.63) is 0 Å². The average molecular weight is 318 g/mol. The maximum absolute atomic E-state index is 12.0. The quantitative estimate of drug-likeness (QED) is 0.803. The molecule has 3 rings (SSSR count). The summed E-state index contributed by atoms with van der Waals surface area (Å²) in [4.78, 5) is 14.3. The maximum atomic E-state index is 12.0. The zero-order valence-electron chi connectivity index (χ0n) is 12.6. The van der Waals surface area contributed by atoms with E-state index in [9.17, 15) is 4.79 Å². The summed E-state index contributed by atoms with van der Waals surface area (Å²) in [6.45, 7) is 4.07. The van der Waals surface area contributed by atoms with Gasteiger partial charge in [0.2, 0.25) is 5.91 Å². The minimum Gasteiger partial charge on any atom is -0.376 e. The van der Waals surface area contributed by atoms with Gasteiger partial charge in [-0.05, 0) is 37.5 Å². The SMILES string of the molecule is Cl.NC1CCCC2CN(CC(=O)NCC3CCCO3)CC12. The first-order valence-electron chi connectivity index (χ1n) is 8.08. The minimum atomic E-state index is 0. The summed E-state index contributed by atoms with van der Waals surface area (Å²) in [7, 11) is 0. The van der Waals surface area contributed by atoms with Gasteiger partial charge in [0.15, 0.2) is 0 Å². The van der Waals surface area contributed by atoms with Crippen molar-refractivity contribution in [1.82, 2.24) is 10.2 Å². The normalized spacial score (nSPS) is 36.0. The van der Waals surface area contributed by atoms with Crippen LogP contribution in [0.3, 0.4) is 0 Å². The molecule has 122 valence electrons. The molecule has 3 aliphatic rings. The van der Waals surface area contributed by atoms with Gasteiger partial charge in [0.05, 0.1) is 12.6 Å². The molecule has 0 aromatic carbocycles. The third-order valence-corrected chi connectivity index (χ3v) is 5.15. The van der Waals surface area contributed by atoms with Gasteiger partial charge >= 0.3 is 0 Å². The highest BCUT2D eigenvalue weighted by Gasteiger charge is 2.38. The smallest absolute Gasteiger partial charge is 0.234 e. The van der Waals surface area contributed by atoms with Crippen molar-refractivity contribution < 1.29 is 9.53 Å². The van der Waals surface area contributed by atoms with Crippen LogP contribution in [-0.4, -0.2) is 55.7 Å². The van der Waals surface area contributed by atoms with Crippen LogP contribution in [0.25, 0.3) is 0 Å². The van der Waals surface area contributed by atoms with Crippen LogP contribution in [0.4, 0.5) is 0 Å². The number of fused-ring (bicyclic) bond motifs is 1. The Morgan fingerprint density at radius 2 is 2.10 bits per heavy atom. The number of nitrogens with one attached hydrogen (secondary N) is 1. The van der Waals surface area contributed by atoms with Crippen molar-refractivity contribution in [2.75, 3.05) is 32.8 Å². The Balaban J connectivity index is 0.00000161. The van der Waals surface area contributed by atoms with E-state index in [2.05, 4.69) is 10.2 Å². The van der Waals surface area contributed by atoms with Gasteiger partial charge in [-0.2, -0.15) is 0 Å². The molecular weight excluding hydrogens is 290 g/mol. The highest BCUT2D eigenvalue weighted by Crippen LogP contribution is 2.35. The third kappa shape index (κ3) is 4.31. The number of nitrogens with two attached hydrogens (primary N) is 1. The first-order chi connectivity index (χ1) is 9.72. The van der Waals surface area contributed by atoms with Gasteiger partial charge in [0.1, 0.15) is 0 Å². The predicted molar refractivity (Wildman–Crippen MR) is 84.5 cm³/mol. The standard InChI is InChI=1S/C15H27N3O2.ClH/c16-14-5-1-3-11-8-18(9-13(11)14)10-15(19)17-7-12-4-2-6-20-12;/h11-14H,1-10,16H2,(H,17,19);1H. The number of carbonyl (C=O) groups is 1. The number of halogens is 1. The van der Waals surface area contributed by atoms with Crippen LogP contribution in [0.2, 0.25) is 0 Å². The van der Waals surface area contributed by atoms with E-state index < -0.39 is 0 Å². The molecule has 3 fully saturated rings. The van der Waals surface area contributed by atoms with Gasteiger partial charge in [0.25, 0.3) is 0 Å². The van der Waals surface area contributed by atoms with Crippen molar-refractivity contribution in [2.24, 2.45) is 17.6 Å². The summed E-state index contributed by atoms with van der Waals surface area (Å²) in [5.41, 5.74) is 6.21. The molecule has 1 saturated carbocycles. The van der Waals surface area contributed by atoms with Crippen molar-refractivity contribution in [1.29, 1.82) is 0 Å². The van der Waals surface area contributed by atoms with Crippen LogP contribution in [-0.2, 0) is 9.53 Å². The molecule has 21 heavy (non-hydrogen) atoms. The van der Waals surface area contributed by atoms with Gasteiger partial charge < -0.3 is 15.8 Å². The molecule has 2 saturated heterocycles. The lowest BCUT2D eigenvalue weighted by atomic mass is 9.78. The molecule has 5 nitrogen and oxygen atoms in total. The summed E-state index contributed by atoms with van der Waals surface area (Å²) in [6.07, 6.45) is 6.11. The second-order valence-electron chi connectivity index (χ2n) is 6.65. The van der Waals surface area contributed by atoms with Crippen LogP contribution in [0.1, 0.15) is 32.1 Å². The topological polar surface area (TPSA) is 67.6 Å². The van der Waals surface area contributed by atoms with E-state index in [1.54, 1.807) is 0 Å². The Hall–Kier alpha value is -0.360. The Labute approximate surface area is 133 Å². The Morgan fingerprint density at radius 1 is 1.24 bits per heavy atom. The first-order valence-corrected chi connectivity index (χ1v) is 8.08. The first kappa shape index (κ1) is 17.0. The van der Waals surface area contributed by atoms with Crippen LogP contribution in [0, 0.1) is 11.8 Å². The number of hydrogen-bond acceptors (Lipinski definition) is 4. The summed E-state index contributed by atoms with van der Waals surface area (Å²) in [5, 5.41) is 3.01. The number of nitrogens with zero attached hydrogens (tertiary/aromatic N) is 1. The molecule has 4 atom stereocenters. The second kappa shape index (κ2) is 7.77. The van der Waals surface area contributed by atoms with Gasteiger partial charge in [-0.1, -0.05) is 6.42 Å². The molecule has 1 aliphatic carbocycles. The minimum absolute atomic E-state index is 0. The summed E-state index contributed by atoms with van der Waals surface area (Å²) in [5.74, 6) is 1.45. The molecule has 2 heterocycles. The molecule has 0 aromatic heterocycles. The number of ether oxygens (including phenoxy) is 1. The van der Waals surface area contributed by atoms with E-state index in [0.29, 0.717) is 31.0 Å². The molecular formula is C15H28ClN3O2. The van der Waals surface area contributed by atoms with Gasteiger partial charge in [-0.25, -0.2) is 0 Å². The number of likely N-dealkylation sites (tertiary alicyclic amines) is 1. The van der Waals surface area contributed by atoms with Crippen molar-refractivity contribution in [2.45, 2.75) is 44.2 Å². The summed E-state index contributed by atoms with van der Waals surface area (Å²) < 4.78 is 5.52. The largest absolute Gasteiger partial charge is 0.376 e. The van der Waals surface area contributed by atoms with Crippen LogP contribution in [0.15, 0.2) is 0 Å². The number of hydrogen-bond donors (Lipinski definition) is 2. The Morgan fingerprint density at radius 3 is 2.81 bits per heavy atom. The van der Waals surface area contributed by atoms with Gasteiger partial charge in [-0.3, -0.25) is 9.69 Å². The van der Waals surface area contributed by atoms with E-state index in [1.807, 2.05) is 0 Å². The van der Waals surface area contributed by atoms with E-state index in [1.165, 1.54) is 12.8 Å². The fourth-order valence-electron chi connectivity index (χ4n) is 4.03. The van der Waals surface area contributed by atoms with Gasteiger partial charge in [0, 0.05) is 32.3 Å². The molecule has 0 bridgehead atoms. The van der Waals surface area contributed by atoms with Crippen LogP contribution in [0.5, 0.6) is 0 Å². The van der Waals surface area contributed by atoms with E-state index in [4.69, 9.17) is 10.5 Å². The zero-order chi connectivity index (χ0) is 13.9. The highest BCUT2D eigenvalue weighted by molar-refractivity contribution is 5.85. The lowest BCUT2D eigenvalue weighted by Crippen LogP contribution is -2.40. The van der Waals surface area contributed by atoms with Gasteiger partial charge in [-0.15, -0.1) is 12.4 Å². The third-order valence-electron chi connectivity index (χ3n) is 5.15. The molecule has 1 amide bonds. The monoisotopic (exact) mass is 317 g/mol. The van der Waals surface area contributed by atoms with E-state index >= 15 is 0 Å². The van der Waals surface area contributed by atoms with Crippen molar-refractivity contribution in [3.8, 4) is 0 Å². The fourth-order valence-corrected chi connectivity index (χ4v) is 4.03. The lowest BCUT2D eigenvalue weighted by molar-refractivity contribution is -0.122. The summed E-state index contributed by atoms with van der Waals surface area (Å²) >= 11 is 0. The maximum Gasteiger partial charge on any atom is 0.234 e. The number of amides is 1. The van der Waals surface area contributed by atoms with E-state index in [-0.39, 0.29) is 24.4 Å². The zero-order valence-corrected chi connectivity index (χ0v) is 13.4.